The normalized spacial score (nSPS) is 18.6. The highest BCUT2D eigenvalue weighted by molar-refractivity contribution is 6.30. The predicted octanol–water partition coefficient (Wildman–Crippen LogP) is 7.73. The van der Waals surface area contributed by atoms with E-state index in [1.54, 1.807) is 29.2 Å². The van der Waals surface area contributed by atoms with Gasteiger partial charge in [-0.05, 0) is 54.2 Å². The highest BCUT2D eigenvalue weighted by atomic mass is 35.5. The Labute approximate surface area is 232 Å². The van der Waals surface area contributed by atoms with E-state index < -0.39 is 11.0 Å². The van der Waals surface area contributed by atoms with Crippen molar-refractivity contribution >= 4 is 40.4 Å². The maximum atomic E-state index is 14.0. The number of benzene rings is 3. The number of amides is 1. The fraction of sp³-hybridized carbons (Fsp3) is 0.290. The van der Waals surface area contributed by atoms with Crippen LogP contribution < -0.4 is 10.2 Å². The van der Waals surface area contributed by atoms with Crippen LogP contribution in [0.2, 0.25) is 5.02 Å². The molecule has 1 amide bonds. The average Bonchev–Trinajstić information content (AvgIpc) is 3.08. The third kappa shape index (κ3) is 5.45. The number of hydrogen-bond acceptors (Lipinski definition) is 5. The van der Waals surface area contributed by atoms with Crippen LogP contribution in [0, 0.1) is 10.1 Å². The number of anilines is 2. The van der Waals surface area contributed by atoms with E-state index in [2.05, 4.69) is 12.2 Å². The number of rotatable bonds is 7. The number of carbonyl (C=O) groups excluding carboxylic acids is 2. The van der Waals surface area contributed by atoms with E-state index in [0.717, 1.165) is 41.8 Å². The number of nitrogens with zero attached hydrogens (tertiary/aromatic N) is 2. The first-order chi connectivity index (χ1) is 18.9. The molecule has 0 spiro atoms. The fourth-order valence-electron chi connectivity index (χ4n) is 5.60. The topological polar surface area (TPSA) is 92.6 Å². The van der Waals surface area contributed by atoms with Gasteiger partial charge in [0.2, 0.25) is 5.91 Å². The summed E-state index contributed by atoms with van der Waals surface area (Å²) < 4.78 is 0. The van der Waals surface area contributed by atoms with Gasteiger partial charge in [0.1, 0.15) is 0 Å². The van der Waals surface area contributed by atoms with Gasteiger partial charge in [-0.1, -0.05) is 67.8 Å². The third-order valence-corrected chi connectivity index (χ3v) is 7.74. The monoisotopic (exact) mass is 543 g/mol. The maximum absolute atomic E-state index is 14.0. The van der Waals surface area contributed by atoms with Crippen molar-refractivity contribution in [3.63, 3.8) is 0 Å². The Balaban J connectivity index is 1.65. The zero-order chi connectivity index (χ0) is 27.5. The van der Waals surface area contributed by atoms with Crippen LogP contribution in [0.25, 0.3) is 0 Å². The second kappa shape index (κ2) is 11.4. The van der Waals surface area contributed by atoms with Crippen molar-refractivity contribution in [1.29, 1.82) is 0 Å². The minimum atomic E-state index is -0.624. The molecule has 1 N–H and O–H groups in total. The molecule has 0 bridgehead atoms. The van der Waals surface area contributed by atoms with Crippen molar-refractivity contribution in [2.45, 2.75) is 57.4 Å². The molecule has 0 radical (unpaired) electrons. The van der Waals surface area contributed by atoms with E-state index in [4.69, 9.17) is 11.6 Å². The van der Waals surface area contributed by atoms with Gasteiger partial charge in [0.25, 0.3) is 5.69 Å². The molecule has 0 fully saturated rings. The lowest BCUT2D eigenvalue weighted by molar-refractivity contribution is -0.384. The summed E-state index contributed by atoms with van der Waals surface area (Å²) in [5.74, 6) is -0.354. The van der Waals surface area contributed by atoms with Gasteiger partial charge in [0.15, 0.2) is 5.78 Å². The van der Waals surface area contributed by atoms with E-state index in [1.165, 1.54) is 6.07 Å². The standard InChI is InChI=1S/C31H30ClN3O4/c1-2-3-4-12-29(37)34-27-11-6-5-10-25(27)33-26-18-22(21-8-7-9-24(17-21)35(38)39)19-28(36)30(26)31(34)20-13-15-23(32)16-14-20/h5-11,13-17,22,31,33H,2-4,12,18-19H2,1H3/t22-,31+/m1/s1. The lowest BCUT2D eigenvalue weighted by atomic mass is 9.78. The number of unbranched alkanes of at least 4 members (excludes halogenated alkanes) is 2. The van der Waals surface area contributed by atoms with Gasteiger partial charge in [-0.2, -0.15) is 0 Å². The number of nitrogens with one attached hydrogen (secondary N) is 1. The lowest BCUT2D eigenvalue weighted by Crippen LogP contribution is -2.38. The summed E-state index contributed by atoms with van der Waals surface area (Å²) in [6, 6.07) is 20.8. The van der Waals surface area contributed by atoms with Crippen LogP contribution in [0.4, 0.5) is 17.1 Å². The Hall–Kier alpha value is -3.97. The molecule has 0 saturated carbocycles. The number of carbonyl (C=O) groups is 2. The Kier molecular flexibility index (Phi) is 7.79. The number of nitro benzene ring substituents is 1. The molecule has 1 heterocycles. The van der Waals surface area contributed by atoms with Crippen LogP contribution in [0.1, 0.15) is 68.5 Å². The summed E-state index contributed by atoms with van der Waals surface area (Å²) >= 11 is 6.22. The number of hydrogen-bond donors (Lipinski definition) is 1. The number of allylic oxidation sites excluding steroid dienone is 1. The van der Waals surface area contributed by atoms with E-state index in [-0.39, 0.29) is 29.7 Å². The van der Waals surface area contributed by atoms with E-state index in [0.29, 0.717) is 29.1 Å². The number of non-ortho nitro benzene ring substituents is 1. The molecule has 0 aromatic heterocycles. The summed E-state index contributed by atoms with van der Waals surface area (Å²) in [4.78, 5) is 40.7. The smallest absolute Gasteiger partial charge is 0.269 e. The molecule has 2 aliphatic rings. The first-order valence-corrected chi connectivity index (χ1v) is 13.7. The largest absolute Gasteiger partial charge is 0.357 e. The number of Topliss-reactive ketones (excluding diaryl/α,β-unsaturated/α-hetero) is 1. The molecule has 5 rings (SSSR count). The van der Waals surface area contributed by atoms with Crippen molar-refractivity contribution in [2.24, 2.45) is 0 Å². The van der Waals surface area contributed by atoms with E-state index >= 15 is 0 Å². The summed E-state index contributed by atoms with van der Waals surface area (Å²) in [5.41, 5.74) is 4.31. The second-order valence-corrected chi connectivity index (χ2v) is 10.5. The van der Waals surface area contributed by atoms with Crippen LogP contribution in [0.5, 0.6) is 0 Å². The van der Waals surface area contributed by atoms with Gasteiger partial charge in [-0.3, -0.25) is 24.6 Å². The maximum Gasteiger partial charge on any atom is 0.269 e. The van der Waals surface area contributed by atoms with Gasteiger partial charge in [-0.15, -0.1) is 0 Å². The third-order valence-electron chi connectivity index (χ3n) is 7.49. The van der Waals surface area contributed by atoms with Crippen LogP contribution in [0.15, 0.2) is 84.1 Å². The molecule has 8 heteroatoms. The number of nitro groups is 1. The lowest BCUT2D eigenvalue weighted by Gasteiger charge is -2.35. The van der Waals surface area contributed by atoms with E-state index in [1.807, 2.05) is 42.5 Å². The van der Waals surface area contributed by atoms with Crippen molar-refractivity contribution in [3.8, 4) is 0 Å². The molecule has 39 heavy (non-hydrogen) atoms. The summed E-state index contributed by atoms with van der Waals surface area (Å²) in [6.45, 7) is 2.10. The molecular formula is C31H30ClN3O4. The summed E-state index contributed by atoms with van der Waals surface area (Å²) in [7, 11) is 0. The van der Waals surface area contributed by atoms with Gasteiger partial charge < -0.3 is 5.32 Å². The predicted molar refractivity (Wildman–Crippen MR) is 153 cm³/mol. The molecule has 1 aliphatic heterocycles. The number of halogens is 1. The quantitative estimate of drug-likeness (QED) is 0.187. The Bertz CT molecular complexity index is 1450. The average molecular weight is 544 g/mol. The first-order valence-electron chi connectivity index (χ1n) is 13.3. The molecule has 2 atom stereocenters. The molecule has 3 aromatic rings. The number of para-hydroxylation sites is 2. The van der Waals surface area contributed by atoms with Crippen molar-refractivity contribution in [3.05, 3.63) is 110 Å². The van der Waals surface area contributed by atoms with Crippen LogP contribution in [-0.2, 0) is 9.59 Å². The molecule has 200 valence electrons. The Morgan fingerprint density at radius 3 is 2.54 bits per heavy atom. The van der Waals surface area contributed by atoms with Gasteiger partial charge in [-0.25, -0.2) is 0 Å². The Morgan fingerprint density at radius 2 is 1.79 bits per heavy atom. The number of ketones is 1. The minimum Gasteiger partial charge on any atom is -0.357 e. The van der Waals surface area contributed by atoms with Crippen LogP contribution in [0.3, 0.4) is 0 Å². The molecule has 0 saturated heterocycles. The van der Waals surface area contributed by atoms with Crippen LogP contribution >= 0.6 is 11.6 Å². The molecule has 7 nitrogen and oxygen atoms in total. The fourth-order valence-corrected chi connectivity index (χ4v) is 5.73. The highest BCUT2D eigenvalue weighted by Crippen LogP contribution is 2.48. The molecule has 1 aliphatic carbocycles. The molecular weight excluding hydrogens is 514 g/mol. The van der Waals surface area contributed by atoms with E-state index in [9.17, 15) is 19.7 Å². The van der Waals surface area contributed by atoms with Gasteiger partial charge in [0.05, 0.1) is 22.3 Å². The zero-order valence-electron chi connectivity index (χ0n) is 21.7. The first kappa shape index (κ1) is 26.6. The van der Waals surface area contributed by atoms with Crippen LogP contribution in [-0.4, -0.2) is 16.6 Å². The Morgan fingerprint density at radius 1 is 1.03 bits per heavy atom. The van der Waals surface area contributed by atoms with Crippen molar-refractivity contribution in [1.82, 2.24) is 0 Å². The minimum absolute atomic E-state index is 0.00166. The molecule has 0 unspecified atom stereocenters. The zero-order valence-corrected chi connectivity index (χ0v) is 22.5. The van der Waals surface area contributed by atoms with Crippen molar-refractivity contribution in [2.75, 3.05) is 10.2 Å². The summed E-state index contributed by atoms with van der Waals surface area (Å²) in [5, 5.41) is 15.5. The van der Waals surface area contributed by atoms with Gasteiger partial charge in [0, 0.05) is 41.3 Å². The summed E-state index contributed by atoms with van der Waals surface area (Å²) in [6.07, 6.45) is 3.77. The highest BCUT2D eigenvalue weighted by Gasteiger charge is 2.41. The van der Waals surface area contributed by atoms with Crippen molar-refractivity contribution < 1.29 is 14.5 Å². The van der Waals surface area contributed by atoms with Gasteiger partial charge >= 0.3 is 0 Å². The molecule has 3 aromatic carbocycles. The SMILES string of the molecule is CCCCCC(=O)N1c2ccccc2NC2=C(C(=O)C[C@H](c3cccc([N+](=O)[O-])c3)C2)[C@@H]1c1ccc(Cl)cc1. The number of fused-ring (bicyclic) bond motifs is 1. The second-order valence-electron chi connectivity index (χ2n) is 10.1.